The maximum Gasteiger partial charge on any atom is 0.334 e. The molecule has 10 heteroatoms. The molecule has 3 rings (SSSR count). The van der Waals surface area contributed by atoms with E-state index in [9.17, 15) is 18.8 Å². The number of nitrogens with zero attached hydrogens (tertiary/aromatic N) is 4. The molecule has 9 nitrogen and oxygen atoms in total. The molecule has 1 aromatic rings. The molecule has 2 heterocycles. The number of ether oxygens (including phenoxy) is 1. The lowest BCUT2D eigenvalue weighted by molar-refractivity contribution is -0.187. The predicted octanol–water partition coefficient (Wildman–Crippen LogP) is 1.40. The molecule has 0 spiro atoms. The van der Waals surface area contributed by atoms with Crippen LogP contribution >= 0.6 is 0 Å². The molecule has 1 N–H and O–H groups in total. The van der Waals surface area contributed by atoms with Crippen LogP contribution in [0.15, 0.2) is 24.3 Å². The number of urea groups is 1. The van der Waals surface area contributed by atoms with Gasteiger partial charge in [0.25, 0.3) is 0 Å². The van der Waals surface area contributed by atoms with Crippen LogP contribution in [0.5, 0.6) is 0 Å². The van der Waals surface area contributed by atoms with Crippen molar-refractivity contribution < 1.29 is 23.5 Å². The molecular weight excluding hydrogens is 417 g/mol. The summed E-state index contributed by atoms with van der Waals surface area (Å²) in [5.74, 6) is -0.584. The number of halogens is 1. The standard InChI is InChI=1S/C22H32FN5O4/c1-4-6-18-21(30)26(11-5-12-32-3)14-19-27(18)20(29)15-25(2)28(19)22(31)24-13-16-7-9-17(23)10-8-16/h7-10,18-19H,4-6,11-15H2,1-3H3,(H,24,31)/t18-,19-/m0/s1. The van der Waals surface area contributed by atoms with Gasteiger partial charge in [-0.15, -0.1) is 0 Å². The van der Waals surface area contributed by atoms with Crippen molar-refractivity contribution >= 4 is 17.8 Å². The Labute approximate surface area is 188 Å². The number of likely N-dealkylation sites (N-methyl/N-ethyl adjacent to an activating group) is 1. The molecular formula is C22H32FN5O4. The molecule has 0 unspecified atom stereocenters. The van der Waals surface area contributed by atoms with E-state index in [1.165, 1.54) is 17.1 Å². The third-order valence-electron chi connectivity index (χ3n) is 5.84. The molecule has 1 aromatic carbocycles. The molecule has 0 saturated carbocycles. The zero-order chi connectivity index (χ0) is 23.3. The van der Waals surface area contributed by atoms with Crippen molar-refractivity contribution in [1.29, 1.82) is 0 Å². The molecule has 176 valence electrons. The second kappa shape index (κ2) is 10.7. The lowest BCUT2D eigenvalue weighted by atomic mass is 10.0. The first-order chi connectivity index (χ1) is 15.4. The van der Waals surface area contributed by atoms with E-state index in [1.807, 2.05) is 6.92 Å². The van der Waals surface area contributed by atoms with Gasteiger partial charge in [0, 0.05) is 33.9 Å². The fraction of sp³-hybridized carbons (Fsp3) is 0.591. The van der Waals surface area contributed by atoms with Crippen molar-refractivity contribution in [3.05, 3.63) is 35.6 Å². The minimum atomic E-state index is -0.591. The van der Waals surface area contributed by atoms with E-state index in [1.54, 1.807) is 41.1 Å². The maximum atomic E-state index is 13.2. The monoisotopic (exact) mass is 449 g/mol. The second-order valence-electron chi connectivity index (χ2n) is 8.16. The number of carbonyl (C=O) groups is 3. The lowest BCUT2D eigenvalue weighted by Gasteiger charge is -2.54. The first kappa shape index (κ1) is 23.9. The average molecular weight is 450 g/mol. The van der Waals surface area contributed by atoms with Crippen LogP contribution in [0.3, 0.4) is 0 Å². The van der Waals surface area contributed by atoms with Crippen LogP contribution in [-0.4, -0.2) is 90.3 Å². The average Bonchev–Trinajstić information content (AvgIpc) is 2.76. The second-order valence-corrected chi connectivity index (χ2v) is 8.16. The van der Waals surface area contributed by atoms with Crippen molar-refractivity contribution in [3.63, 3.8) is 0 Å². The van der Waals surface area contributed by atoms with Gasteiger partial charge in [-0.05, 0) is 30.5 Å². The summed E-state index contributed by atoms with van der Waals surface area (Å²) in [5, 5.41) is 5.96. The Hall–Kier alpha value is -2.72. The van der Waals surface area contributed by atoms with Crippen molar-refractivity contribution in [1.82, 2.24) is 25.1 Å². The molecule has 32 heavy (non-hydrogen) atoms. The summed E-state index contributed by atoms with van der Waals surface area (Å²) in [6, 6.07) is 4.94. The topological polar surface area (TPSA) is 85.4 Å². The van der Waals surface area contributed by atoms with E-state index in [2.05, 4.69) is 5.32 Å². The minimum absolute atomic E-state index is 0.0115. The number of hydrogen-bond donors (Lipinski definition) is 1. The summed E-state index contributed by atoms with van der Waals surface area (Å²) in [6.45, 7) is 3.47. The van der Waals surface area contributed by atoms with Crippen LogP contribution in [0.25, 0.3) is 0 Å². The fourth-order valence-corrected chi connectivity index (χ4v) is 4.32. The highest BCUT2D eigenvalue weighted by molar-refractivity contribution is 5.91. The Bertz CT molecular complexity index is 821. The highest BCUT2D eigenvalue weighted by Crippen LogP contribution is 2.28. The molecule has 2 aliphatic rings. The van der Waals surface area contributed by atoms with Crippen molar-refractivity contribution in [3.8, 4) is 0 Å². The minimum Gasteiger partial charge on any atom is -0.385 e. The number of nitrogens with one attached hydrogen (secondary N) is 1. The van der Waals surface area contributed by atoms with Gasteiger partial charge in [-0.2, -0.15) is 0 Å². The number of methoxy groups -OCH3 is 1. The number of piperazine rings is 1. The summed E-state index contributed by atoms with van der Waals surface area (Å²) in [5.41, 5.74) is 0.760. The van der Waals surface area contributed by atoms with Gasteiger partial charge in [-0.1, -0.05) is 25.5 Å². The van der Waals surface area contributed by atoms with Crippen LogP contribution in [0.1, 0.15) is 31.7 Å². The van der Waals surface area contributed by atoms with Gasteiger partial charge >= 0.3 is 6.03 Å². The Morgan fingerprint density at radius 3 is 2.62 bits per heavy atom. The van der Waals surface area contributed by atoms with E-state index in [4.69, 9.17) is 4.74 Å². The van der Waals surface area contributed by atoms with E-state index in [0.717, 1.165) is 12.0 Å². The van der Waals surface area contributed by atoms with Crippen LogP contribution in [0.4, 0.5) is 9.18 Å². The Balaban J connectivity index is 1.80. The molecule has 0 radical (unpaired) electrons. The highest BCUT2D eigenvalue weighted by Gasteiger charge is 2.50. The van der Waals surface area contributed by atoms with Crippen molar-refractivity contribution in [2.24, 2.45) is 0 Å². The third kappa shape index (κ3) is 5.18. The Morgan fingerprint density at radius 2 is 1.97 bits per heavy atom. The maximum absolute atomic E-state index is 13.2. The third-order valence-corrected chi connectivity index (χ3v) is 5.84. The molecule has 0 aliphatic carbocycles. The SMILES string of the molecule is CCC[C@H]1C(=O)N(CCCOC)C[C@H]2N1C(=O)CN(C)N2C(=O)NCc1ccc(F)cc1. The number of hydrazine groups is 1. The number of fused-ring (bicyclic) bond motifs is 1. The van der Waals surface area contributed by atoms with Crippen LogP contribution in [0, 0.1) is 5.82 Å². The van der Waals surface area contributed by atoms with Crippen LogP contribution < -0.4 is 5.32 Å². The zero-order valence-corrected chi connectivity index (χ0v) is 18.9. The number of hydrogen-bond acceptors (Lipinski definition) is 5. The Morgan fingerprint density at radius 1 is 1.25 bits per heavy atom. The van der Waals surface area contributed by atoms with Gasteiger partial charge in [0.05, 0.1) is 13.1 Å². The van der Waals surface area contributed by atoms with Crippen LogP contribution in [0.2, 0.25) is 0 Å². The van der Waals surface area contributed by atoms with Gasteiger partial charge in [-0.3, -0.25) is 9.59 Å². The molecule has 2 aliphatic heterocycles. The molecule has 2 fully saturated rings. The summed E-state index contributed by atoms with van der Waals surface area (Å²) in [4.78, 5) is 42.5. The fourth-order valence-electron chi connectivity index (χ4n) is 4.32. The molecule has 0 bridgehead atoms. The quantitative estimate of drug-likeness (QED) is 0.607. The zero-order valence-electron chi connectivity index (χ0n) is 18.9. The first-order valence-corrected chi connectivity index (χ1v) is 11.0. The van der Waals surface area contributed by atoms with Crippen LogP contribution in [-0.2, 0) is 20.9 Å². The predicted molar refractivity (Wildman–Crippen MR) is 116 cm³/mol. The van der Waals surface area contributed by atoms with Crippen molar-refractivity contribution in [2.75, 3.05) is 40.4 Å². The molecule has 4 amide bonds. The van der Waals surface area contributed by atoms with E-state index in [-0.39, 0.29) is 43.3 Å². The number of carbonyl (C=O) groups excluding carboxylic acids is 3. The van der Waals surface area contributed by atoms with Gasteiger partial charge in [0.2, 0.25) is 11.8 Å². The smallest absolute Gasteiger partial charge is 0.334 e. The van der Waals surface area contributed by atoms with Gasteiger partial charge in [-0.25, -0.2) is 19.2 Å². The van der Waals surface area contributed by atoms with Gasteiger partial charge in [0.1, 0.15) is 18.0 Å². The summed E-state index contributed by atoms with van der Waals surface area (Å²) in [7, 11) is 3.30. The lowest BCUT2D eigenvalue weighted by Crippen LogP contribution is -2.75. The normalized spacial score (nSPS) is 21.7. The summed E-state index contributed by atoms with van der Waals surface area (Å²) >= 11 is 0. The summed E-state index contributed by atoms with van der Waals surface area (Å²) in [6.07, 6.45) is 1.36. The number of rotatable bonds is 8. The van der Waals surface area contributed by atoms with Crippen molar-refractivity contribution in [2.45, 2.75) is 44.9 Å². The summed E-state index contributed by atoms with van der Waals surface area (Å²) < 4.78 is 18.3. The van der Waals surface area contributed by atoms with E-state index < -0.39 is 12.2 Å². The van der Waals surface area contributed by atoms with E-state index in [0.29, 0.717) is 26.0 Å². The largest absolute Gasteiger partial charge is 0.385 e. The molecule has 2 atom stereocenters. The highest BCUT2D eigenvalue weighted by atomic mass is 19.1. The van der Waals surface area contributed by atoms with Gasteiger partial charge < -0.3 is 19.9 Å². The number of benzene rings is 1. The molecule has 2 saturated heterocycles. The van der Waals surface area contributed by atoms with Gasteiger partial charge in [0.15, 0.2) is 0 Å². The Kier molecular flexibility index (Phi) is 8.03. The number of amides is 4. The van der Waals surface area contributed by atoms with E-state index >= 15 is 0 Å². The first-order valence-electron chi connectivity index (χ1n) is 11.0. The molecule has 0 aromatic heterocycles.